The van der Waals surface area contributed by atoms with Crippen molar-refractivity contribution in [3.05, 3.63) is 47.9 Å². The highest BCUT2D eigenvalue weighted by molar-refractivity contribution is 7.94. The maximum Gasteiger partial charge on any atom is 0.322 e. The molecule has 0 N–H and O–H groups in total. The van der Waals surface area contributed by atoms with E-state index in [2.05, 4.69) is 14.3 Å². The summed E-state index contributed by atoms with van der Waals surface area (Å²) in [6.45, 7) is 2.80. The number of carbonyl (C=O) groups excluding carboxylic acids is 2. The van der Waals surface area contributed by atoms with E-state index in [1.54, 1.807) is 19.3 Å². The van der Waals surface area contributed by atoms with Crippen molar-refractivity contribution in [2.45, 2.75) is 31.6 Å². The normalized spacial score (nSPS) is 29.3. The van der Waals surface area contributed by atoms with Gasteiger partial charge in [-0.3, -0.25) is 14.6 Å². The first kappa shape index (κ1) is 19.4. The van der Waals surface area contributed by atoms with Gasteiger partial charge in [0, 0.05) is 37.0 Å². The summed E-state index contributed by atoms with van der Waals surface area (Å²) < 4.78 is 22.6. The quantitative estimate of drug-likeness (QED) is 0.742. The Balaban J connectivity index is 1.33. The minimum Gasteiger partial charge on any atom is -0.438 e. The van der Waals surface area contributed by atoms with Crippen molar-refractivity contribution in [1.29, 1.82) is 0 Å². The molecule has 158 valence electrons. The van der Waals surface area contributed by atoms with Gasteiger partial charge in [0.1, 0.15) is 0 Å². The van der Waals surface area contributed by atoms with Crippen LogP contribution >= 0.6 is 0 Å². The Morgan fingerprint density at radius 3 is 2.57 bits per heavy atom. The van der Waals surface area contributed by atoms with Crippen LogP contribution in [-0.2, 0) is 19.9 Å². The highest BCUT2D eigenvalue weighted by Crippen LogP contribution is 2.50. The van der Waals surface area contributed by atoms with Gasteiger partial charge in [-0.2, -0.15) is 4.36 Å². The van der Waals surface area contributed by atoms with E-state index in [9.17, 15) is 13.8 Å². The van der Waals surface area contributed by atoms with Crippen LogP contribution in [0.3, 0.4) is 0 Å². The Bertz CT molecular complexity index is 1100. The van der Waals surface area contributed by atoms with Crippen molar-refractivity contribution in [2.24, 2.45) is 16.2 Å². The molecule has 0 radical (unpaired) electrons. The van der Waals surface area contributed by atoms with Crippen LogP contribution in [0.2, 0.25) is 0 Å². The average Bonchev–Trinajstić information content (AvgIpc) is 3.41. The maximum absolute atomic E-state index is 13.4. The Kier molecular flexibility index (Phi) is 4.53. The molecule has 5 rings (SSSR count). The van der Waals surface area contributed by atoms with E-state index in [1.165, 1.54) is 6.39 Å². The number of hydrogen-bond acceptors (Lipinski definition) is 6. The molecule has 2 aromatic rings. The second kappa shape index (κ2) is 7.01. The van der Waals surface area contributed by atoms with Gasteiger partial charge < -0.3 is 9.32 Å². The summed E-state index contributed by atoms with van der Waals surface area (Å²) >= 11 is 0. The zero-order valence-electron chi connectivity index (χ0n) is 16.8. The van der Waals surface area contributed by atoms with Gasteiger partial charge in [0.05, 0.1) is 20.8 Å². The number of likely N-dealkylation sites (tertiary alicyclic amines) is 1. The maximum atomic E-state index is 13.4. The van der Waals surface area contributed by atoms with Gasteiger partial charge in [-0.25, -0.2) is 9.19 Å². The van der Waals surface area contributed by atoms with Gasteiger partial charge in [0.25, 0.3) is 0 Å². The van der Waals surface area contributed by atoms with E-state index in [-0.39, 0.29) is 23.5 Å². The highest BCUT2D eigenvalue weighted by Gasteiger charge is 2.54. The van der Waals surface area contributed by atoms with Crippen LogP contribution in [-0.4, -0.2) is 55.5 Å². The lowest BCUT2D eigenvalue weighted by molar-refractivity contribution is -0.136. The topological polar surface area (TPSA) is 106 Å². The van der Waals surface area contributed by atoms with Gasteiger partial charge in [0.2, 0.25) is 11.7 Å². The molecule has 3 fully saturated rings. The molecule has 2 aliphatic heterocycles. The molecule has 0 spiro atoms. The summed E-state index contributed by atoms with van der Waals surface area (Å²) in [5.74, 6) is 0.466. The number of amides is 2. The van der Waals surface area contributed by atoms with Crippen LogP contribution in [0.25, 0.3) is 0 Å². The Morgan fingerprint density at radius 2 is 2.00 bits per heavy atom. The number of nitrogens with zero attached hydrogens (tertiary/aromatic N) is 4. The van der Waals surface area contributed by atoms with E-state index in [0.29, 0.717) is 30.3 Å². The zero-order valence-corrected chi connectivity index (χ0v) is 17.6. The zero-order chi connectivity index (χ0) is 20.9. The van der Waals surface area contributed by atoms with Crippen molar-refractivity contribution in [3.8, 4) is 0 Å². The summed E-state index contributed by atoms with van der Waals surface area (Å²) in [4.78, 5) is 35.8. The van der Waals surface area contributed by atoms with E-state index in [1.807, 2.05) is 17.0 Å². The minimum absolute atomic E-state index is 0.0532. The Morgan fingerprint density at radius 1 is 1.27 bits per heavy atom. The number of piperidine rings is 1. The lowest BCUT2D eigenvalue weighted by Gasteiger charge is -2.43. The summed E-state index contributed by atoms with van der Waals surface area (Å²) in [6, 6.07) is 3.85. The number of aromatic nitrogens is 2. The van der Waals surface area contributed by atoms with Crippen LogP contribution in [0.5, 0.6) is 0 Å². The molecule has 30 heavy (non-hydrogen) atoms. The van der Waals surface area contributed by atoms with Crippen LogP contribution in [0.4, 0.5) is 0 Å². The summed E-state index contributed by atoms with van der Waals surface area (Å²) in [7, 11) is -2.67. The third-order valence-electron chi connectivity index (χ3n) is 6.47. The number of carbonyl (C=O) groups is 2. The molecule has 9 heteroatoms. The van der Waals surface area contributed by atoms with E-state index in [0.717, 1.165) is 24.8 Å². The van der Waals surface area contributed by atoms with Gasteiger partial charge in [-0.1, -0.05) is 6.07 Å². The molecule has 4 heterocycles. The predicted octanol–water partition coefficient (Wildman–Crippen LogP) is 2.20. The molecular formula is C21H24N4O4S. The second-order valence-electron chi connectivity index (χ2n) is 8.77. The number of oxazole rings is 1. The molecule has 2 aromatic heterocycles. The van der Waals surface area contributed by atoms with Crippen molar-refractivity contribution in [3.63, 3.8) is 0 Å². The molecule has 2 amide bonds. The van der Waals surface area contributed by atoms with Crippen LogP contribution in [0.15, 0.2) is 39.7 Å². The van der Waals surface area contributed by atoms with E-state index in [4.69, 9.17) is 4.42 Å². The van der Waals surface area contributed by atoms with Crippen LogP contribution in [0, 0.1) is 18.8 Å². The highest BCUT2D eigenvalue weighted by atomic mass is 32.2. The second-order valence-corrected chi connectivity index (χ2v) is 11.2. The molecule has 3 aliphatic rings. The summed E-state index contributed by atoms with van der Waals surface area (Å²) in [6.07, 6.45) is 7.32. The van der Waals surface area contributed by atoms with Crippen molar-refractivity contribution < 1.29 is 18.2 Å². The standard InChI is InChI=1S/C21H24N4O4S/c1-14-18(29-13-23-14)19(26)24-30(28)11-15-7-16(12-30)10-25(9-15)20(27)21(4-5-21)17-3-2-6-22-8-17/h2-3,6,8,13,15-16H,4-5,7,9-12H2,1H3. The monoisotopic (exact) mass is 428 g/mol. The van der Waals surface area contributed by atoms with Gasteiger partial charge in [-0.05, 0) is 49.7 Å². The van der Waals surface area contributed by atoms with Crippen LogP contribution < -0.4 is 0 Å². The minimum atomic E-state index is -2.67. The largest absolute Gasteiger partial charge is 0.438 e. The van der Waals surface area contributed by atoms with Gasteiger partial charge >= 0.3 is 5.91 Å². The smallest absolute Gasteiger partial charge is 0.322 e. The average molecular weight is 429 g/mol. The first-order chi connectivity index (χ1) is 14.4. The fourth-order valence-electron chi connectivity index (χ4n) is 5.00. The molecular weight excluding hydrogens is 404 g/mol. The molecule has 2 saturated heterocycles. The van der Waals surface area contributed by atoms with Crippen molar-refractivity contribution >= 4 is 21.5 Å². The number of hydrogen-bond donors (Lipinski definition) is 0. The molecule has 2 bridgehead atoms. The summed E-state index contributed by atoms with van der Waals surface area (Å²) in [5.41, 5.74) is 0.994. The number of fused-ring (bicyclic) bond motifs is 2. The molecule has 0 aromatic carbocycles. The molecule has 2 unspecified atom stereocenters. The SMILES string of the molecule is Cc1ncoc1C(=O)N=S1(=O)CC2CC(CN(C(=O)C3(c4cccnc4)CC3)C2)C1. The number of pyridine rings is 1. The number of aryl methyl sites for hydroxylation is 1. The molecule has 1 saturated carbocycles. The first-order valence-corrected chi connectivity index (χ1v) is 12.1. The van der Waals surface area contributed by atoms with Gasteiger partial charge in [-0.15, -0.1) is 0 Å². The number of rotatable bonds is 3. The molecule has 2 atom stereocenters. The van der Waals surface area contributed by atoms with Gasteiger partial charge in [0.15, 0.2) is 6.39 Å². The third kappa shape index (κ3) is 3.34. The fraction of sp³-hybridized carbons (Fsp3) is 0.524. The Hall–Kier alpha value is -2.55. The molecule has 8 nitrogen and oxygen atoms in total. The van der Waals surface area contributed by atoms with E-state index >= 15 is 0 Å². The van der Waals surface area contributed by atoms with Crippen molar-refractivity contribution in [1.82, 2.24) is 14.9 Å². The van der Waals surface area contributed by atoms with Crippen molar-refractivity contribution in [2.75, 3.05) is 24.6 Å². The van der Waals surface area contributed by atoms with E-state index < -0.39 is 21.1 Å². The lowest BCUT2D eigenvalue weighted by Crippen LogP contribution is -2.53. The van der Waals surface area contributed by atoms with Crippen LogP contribution in [0.1, 0.15) is 41.1 Å². The Labute approximate surface area is 175 Å². The lowest BCUT2D eigenvalue weighted by atomic mass is 9.88. The third-order valence-corrected chi connectivity index (χ3v) is 8.95. The fourth-order valence-corrected chi connectivity index (χ4v) is 7.63. The predicted molar refractivity (Wildman–Crippen MR) is 109 cm³/mol. The molecule has 1 aliphatic carbocycles. The summed E-state index contributed by atoms with van der Waals surface area (Å²) in [5, 5.41) is 0. The first-order valence-electron chi connectivity index (χ1n) is 10.3.